The minimum absolute atomic E-state index is 0.262. The fourth-order valence-corrected chi connectivity index (χ4v) is 2.29. The van der Waals surface area contributed by atoms with E-state index in [0.29, 0.717) is 16.9 Å². The Morgan fingerprint density at radius 2 is 2.00 bits per heavy atom. The molecule has 0 bridgehead atoms. The van der Waals surface area contributed by atoms with E-state index in [2.05, 4.69) is 22.6 Å². The zero-order chi connectivity index (χ0) is 14.0. The van der Waals surface area contributed by atoms with Gasteiger partial charge in [0.05, 0.1) is 0 Å². The number of halogens is 2. The number of rotatable bonds is 3. The molecule has 0 fully saturated rings. The van der Waals surface area contributed by atoms with Crippen LogP contribution in [0.3, 0.4) is 0 Å². The van der Waals surface area contributed by atoms with Crippen LogP contribution in [0.4, 0.5) is 4.39 Å². The second-order valence-electron chi connectivity index (χ2n) is 4.49. The van der Waals surface area contributed by atoms with Crippen molar-refractivity contribution in [2.45, 2.75) is 19.9 Å². The number of hydrogen-bond acceptors (Lipinski definition) is 2. The van der Waals surface area contributed by atoms with Gasteiger partial charge in [0.2, 0.25) is 0 Å². The highest BCUT2D eigenvalue weighted by Crippen LogP contribution is 2.31. The fraction of sp³-hybridized carbons (Fsp3) is 0.200. The molecule has 0 aliphatic carbocycles. The minimum Gasteiger partial charge on any atom is -0.457 e. The van der Waals surface area contributed by atoms with Crippen molar-refractivity contribution < 1.29 is 9.13 Å². The van der Waals surface area contributed by atoms with E-state index in [0.717, 1.165) is 9.32 Å². The SMILES string of the molecule is Cc1cc(Oc2cccc(I)c2)c([C@H](C)N)cc1F. The molecular weight excluding hydrogens is 356 g/mol. The van der Waals surface area contributed by atoms with Gasteiger partial charge in [0.1, 0.15) is 17.3 Å². The van der Waals surface area contributed by atoms with Crippen LogP contribution in [0.5, 0.6) is 11.5 Å². The van der Waals surface area contributed by atoms with Crippen molar-refractivity contribution in [3.8, 4) is 11.5 Å². The van der Waals surface area contributed by atoms with Gasteiger partial charge in [-0.25, -0.2) is 4.39 Å². The molecule has 0 spiro atoms. The predicted octanol–water partition coefficient (Wildman–Crippen LogP) is 4.55. The lowest BCUT2D eigenvalue weighted by Gasteiger charge is -2.15. The first-order valence-corrected chi connectivity index (χ1v) is 7.04. The molecule has 19 heavy (non-hydrogen) atoms. The first-order chi connectivity index (χ1) is 8.97. The average molecular weight is 371 g/mol. The summed E-state index contributed by atoms with van der Waals surface area (Å²) in [6.07, 6.45) is 0. The summed E-state index contributed by atoms with van der Waals surface area (Å²) in [5.74, 6) is 1.07. The number of ether oxygens (including phenoxy) is 1. The Balaban J connectivity index is 2.41. The third kappa shape index (κ3) is 3.45. The molecule has 0 aliphatic heterocycles. The maximum Gasteiger partial charge on any atom is 0.132 e. The van der Waals surface area contributed by atoms with E-state index in [1.165, 1.54) is 6.07 Å². The van der Waals surface area contributed by atoms with Gasteiger partial charge in [0.15, 0.2) is 0 Å². The Labute approximate surface area is 125 Å². The van der Waals surface area contributed by atoms with Crippen LogP contribution in [-0.2, 0) is 0 Å². The van der Waals surface area contributed by atoms with Crippen molar-refractivity contribution >= 4 is 22.6 Å². The molecule has 2 N–H and O–H groups in total. The van der Waals surface area contributed by atoms with Crippen LogP contribution in [0.1, 0.15) is 24.1 Å². The summed E-state index contributed by atoms with van der Waals surface area (Å²) >= 11 is 2.22. The van der Waals surface area contributed by atoms with Crippen LogP contribution in [0.15, 0.2) is 36.4 Å². The molecule has 100 valence electrons. The van der Waals surface area contributed by atoms with Crippen molar-refractivity contribution in [3.63, 3.8) is 0 Å². The molecule has 1 atom stereocenters. The van der Waals surface area contributed by atoms with Gasteiger partial charge in [-0.2, -0.15) is 0 Å². The molecule has 0 saturated carbocycles. The molecule has 4 heteroatoms. The van der Waals surface area contributed by atoms with Gasteiger partial charge in [-0.1, -0.05) is 6.07 Å². The van der Waals surface area contributed by atoms with Gasteiger partial charge in [0.25, 0.3) is 0 Å². The third-order valence-corrected chi connectivity index (χ3v) is 3.48. The number of hydrogen-bond donors (Lipinski definition) is 1. The Morgan fingerprint density at radius 1 is 1.26 bits per heavy atom. The van der Waals surface area contributed by atoms with Crippen molar-refractivity contribution in [1.29, 1.82) is 0 Å². The van der Waals surface area contributed by atoms with Crippen LogP contribution in [-0.4, -0.2) is 0 Å². The Hall–Kier alpha value is -1.14. The van der Waals surface area contributed by atoms with Crippen molar-refractivity contribution in [2.24, 2.45) is 5.73 Å². The van der Waals surface area contributed by atoms with E-state index in [9.17, 15) is 4.39 Å². The highest BCUT2D eigenvalue weighted by atomic mass is 127. The first kappa shape index (κ1) is 14.3. The van der Waals surface area contributed by atoms with Gasteiger partial charge >= 0.3 is 0 Å². The maximum atomic E-state index is 13.6. The first-order valence-electron chi connectivity index (χ1n) is 5.96. The monoisotopic (exact) mass is 371 g/mol. The average Bonchev–Trinajstić information content (AvgIpc) is 2.33. The van der Waals surface area contributed by atoms with Gasteiger partial charge in [-0.05, 0) is 72.3 Å². The number of aryl methyl sites for hydroxylation is 1. The largest absolute Gasteiger partial charge is 0.457 e. The smallest absolute Gasteiger partial charge is 0.132 e. The van der Waals surface area contributed by atoms with E-state index >= 15 is 0 Å². The van der Waals surface area contributed by atoms with Gasteiger partial charge in [0, 0.05) is 15.2 Å². The zero-order valence-electron chi connectivity index (χ0n) is 10.8. The van der Waals surface area contributed by atoms with E-state index in [1.54, 1.807) is 13.0 Å². The molecule has 0 radical (unpaired) electrons. The molecule has 2 rings (SSSR count). The summed E-state index contributed by atoms with van der Waals surface area (Å²) in [4.78, 5) is 0. The summed E-state index contributed by atoms with van der Waals surface area (Å²) < 4.78 is 20.5. The lowest BCUT2D eigenvalue weighted by Crippen LogP contribution is -2.08. The predicted molar refractivity (Wildman–Crippen MR) is 83.0 cm³/mol. The molecule has 2 aromatic rings. The Morgan fingerprint density at radius 3 is 2.63 bits per heavy atom. The molecule has 0 amide bonds. The molecule has 2 aromatic carbocycles. The molecular formula is C15H15FINO. The summed E-state index contributed by atoms with van der Waals surface area (Å²) in [6.45, 7) is 3.52. The summed E-state index contributed by atoms with van der Waals surface area (Å²) in [7, 11) is 0. The van der Waals surface area contributed by atoms with E-state index in [-0.39, 0.29) is 11.9 Å². The standard InChI is InChI=1S/C15H15FINO/c1-9-6-15(13(10(2)18)8-14(9)16)19-12-5-3-4-11(17)7-12/h3-8,10H,18H2,1-2H3/t10-/m0/s1. The van der Waals surface area contributed by atoms with Crippen LogP contribution < -0.4 is 10.5 Å². The number of benzene rings is 2. The maximum absolute atomic E-state index is 13.6. The van der Waals surface area contributed by atoms with E-state index in [4.69, 9.17) is 10.5 Å². The van der Waals surface area contributed by atoms with Crippen LogP contribution in [0.2, 0.25) is 0 Å². The molecule has 0 heterocycles. The van der Waals surface area contributed by atoms with Crippen molar-refractivity contribution in [3.05, 3.63) is 56.9 Å². The quantitative estimate of drug-likeness (QED) is 0.804. The third-order valence-electron chi connectivity index (χ3n) is 2.81. The molecule has 0 saturated heterocycles. The summed E-state index contributed by atoms with van der Waals surface area (Å²) in [5.41, 5.74) is 7.08. The zero-order valence-corrected chi connectivity index (χ0v) is 12.9. The summed E-state index contributed by atoms with van der Waals surface area (Å²) in [6, 6.07) is 10.5. The topological polar surface area (TPSA) is 35.2 Å². The highest BCUT2D eigenvalue weighted by molar-refractivity contribution is 14.1. The van der Waals surface area contributed by atoms with E-state index in [1.807, 2.05) is 31.2 Å². The van der Waals surface area contributed by atoms with Crippen LogP contribution >= 0.6 is 22.6 Å². The normalized spacial score (nSPS) is 12.3. The van der Waals surface area contributed by atoms with Crippen LogP contribution in [0, 0.1) is 16.3 Å². The molecule has 0 aliphatic rings. The minimum atomic E-state index is -0.284. The highest BCUT2D eigenvalue weighted by Gasteiger charge is 2.13. The fourth-order valence-electron chi connectivity index (χ4n) is 1.77. The Kier molecular flexibility index (Phi) is 4.42. The molecule has 0 unspecified atom stereocenters. The number of nitrogens with two attached hydrogens (primary N) is 1. The summed E-state index contributed by atoms with van der Waals surface area (Å²) in [5, 5.41) is 0. The van der Waals surface area contributed by atoms with Gasteiger partial charge in [-0.3, -0.25) is 0 Å². The lowest BCUT2D eigenvalue weighted by atomic mass is 10.1. The van der Waals surface area contributed by atoms with Crippen molar-refractivity contribution in [2.75, 3.05) is 0 Å². The molecule has 2 nitrogen and oxygen atoms in total. The molecule has 0 aromatic heterocycles. The van der Waals surface area contributed by atoms with Crippen molar-refractivity contribution in [1.82, 2.24) is 0 Å². The lowest BCUT2D eigenvalue weighted by molar-refractivity contribution is 0.468. The van der Waals surface area contributed by atoms with Crippen LogP contribution in [0.25, 0.3) is 0 Å². The van der Waals surface area contributed by atoms with Gasteiger partial charge in [-0.15, -0.1) is 0 Å². The van der Waals surface area contributed by atoms with E-state index < -0.39 is 0 Å². The second-order valence-corrected chi connectivity index (χ2v) is 5.73. The second kappa shape index (κ2) is 5.88. The van der Waals surface area contributed by atoms with Gasteiger partial charge < -0.3 is 10.5 Å². The Bertz CT molecular complexity index is 599.